The molecule has 0 spiro atoms. The lowest BCUT2D eigenvalue weighted by atomic mass is 10.1. The van der Waals surface area contributed by atoms with E-state index in [9.17, 15) is 17.6 Å². The number of hydrogen-bond acceptors (Lipinski definition) is 3. The summed E-state index contributed by atoms with van der Waals surface area (Å²) < 4.78 is 66.0. The summed E-state index contributed by atoms with van der Waals surface area (Å²) >= 11 is 0. The van der Waals surface area contributed by atoms with Crippen LogP contribution in [0.15, 0.2) is 6.08 Å². The number of benzene rings is 1. The van der Waals surface area contributed by atoms with Crippen molar-refractivity contribution in [3.05, 3.63) is 34.9 Å². The SMILES string of the molecule is CCCCOc1c(F)c(F)c(C=CCN2CCOCC2)c(F)c1F. The average molecular weight is 347 g/mol. The van der Waals surface area contributed by atoms with Gasteiger partial charge in [-0.05, 0) is 6.42 Å². The third-order valence-electron chi connectivity index (χ3n) is 3.75. The summed E-state index contributed by atoms with van der Waals surface area (Å²) in [6, 6.07) is 0. The van der Waals surface area contributed by atoms with E-state index in [1.165, 1.54) is 6.08 Å². The molecule has 0 aromatic heterocycles. The predicted molar refractivity (Wildman–Crippen MR) is 83.0 cm³/mol. The Balaban J connectivity index is 2.14. The second-order valence-corrected chi connectivity index (χ2v) is 5.52. The van der Waals surface area contributed by atoms with Gasteiger partial charge in [-0.2, -0.15) is 8.78 Å². The first-order chi connectivity index (χ1) is 11.6. The molecule has 0 N–H and O–H groups in total. The first-order valence-electron chi connectivity index (χ1n) is 8.01. The number of morpholine rings is 1. The van der Waals surface area contributed by atoms with E-state index in [0.717, 1.165) is 12.5 Å². The van der Waals surface area contributed by atoms with Crippen molar-refractivity contribution < 1.29 is 27.0 Å². The summed E-state index contributed by atoms with van der Waals surface area (Å²) in [4.78, 5) is 2.00. The zero-order chi connectivity index (χ0) is 17.5. The van der Waals surface area contributed by atoms with E-state index >= 15 is 0 Å². The fraction of sp³-hybridized carbons (Fsp3) is 0.529. The molecule has 0 radical (unpaired) electrons. The topological polar surface area (TPSA) is 21.7 Å². The zero-order valence-electron chi connectivity index (χ0n) is 13.6. The molecule has 7 heteroatoms. The minimum absolute atomic E-state index is 0.00453. The highest BCUT2D eigenvalue weighted by Crippen LogP contribution is 2.31. The molecule has 0 amide bonds. The lowest BCUT2D eigenvalue weighted by molar-refractivity contribution is 0.0435. The molecule has 1 aromatic carbocycles. The van der Waals surface area contributed by atoms with Crippen LogP contribution in [0.25, 0.3) is 6.08 Å². The Hall–Kier alpha value is -1.60. The van der Waals surface area contributed by atoms with Gasteiger partial charge in [-0.1, -0.05) is 25.5 Å². The summed E-state index contributed by atoms with van der Waals surface area (Å²) in [5, 5.41) is 0. The van der Waals surface area contributed by atoms with Crippen LogP contribution >= 0.6 is 0 Å². The minimum atomic E-state index is -1.50. The molecule has 1 heterocycles. The molecule has 0 aliphatic carbocycles. The van der Waals surface area contributed by atoms with Gasteiger partial charge in [-0.15, -0.1) is 0 Å². The van der Waals surface area contributed by atoms with Gasteiger partial charge in [0.15, 0.2) is 17.4 Å². The third-order valence-corrected chi connectivity index (χ3v) is 3.75. The Morgan fingerprint density at radius 1 is 1.04 bits per heavy atom. The highest BCUT2D eigenvalue weighted by Gasteiger charge is 2.25. The molecular formula is C17H21F4NO2. The highest BCUT2D eigenvalue weighted by molar-refractivity contribution is 5.54. The second kappa shape index (κ2) is 9.03. The molecule has 0 unspecified atom stereocenters. The van der Waals surface area contributed by atoms with Gasteiger partial charge >= 0.3 is 0 Å². The molecule has 3 nitrogen and oxygen atoms in total. The number of halogens is 4. The van der Waals surface area contributed by atoms with Crippen molar-refractivity contribution in [3.8, 4) is 5.75 Å². The fourth-order valence-corrected chi connectivity index (χ4v) is 2.32. The van der Waals surface area contributed by atoms with Crippen molar-refractivity contribution in [1.82, 2.24) is 4.90 Å². The van der Waals surface area contributed by atoms with Crippen LogP contribution in [0, 0.1) is 23.3 Å². The van der Waals surface area contributed by atoms with E-state index in [2.05, 4.69) is 0 Å². The van der Waals surface area contributed by atoms with Crippen molar-refractivity contribution in [1.29, 1.82) is 0 Å². The Morgan fingerprint density at radius 3 is 2.25 bits per heavy atom. The maximum atomic E-state index is 14.0. The van der Waals surface area contributed by atoms with Gasteiger partial charge in [-0.25, -0.2) is 8.78 Å². The van der Waals surface area contributed by atoms with E-state index in [0.29, 0.717) is 39.3 Å². The van der Waals surface area contributed by atoms with Crippen LogP contribution in [0.5, 0.6) is 5.75 Å². The standard InChI is InChI=1S/C17H21F4NO2/c1-2-3-9-24-17-15(20)13(18)12(14(19)16(17)21)5-4-6-22-7-10-23-11-8-22/h4-5H,2-3,6-11H2,1H3. The molecule has 0 saturated carbocycles. The lowest BCUT2D eigenvalue weighted by Gasteiger charge is -2.25. The van der Waals surface area contributed by atoms with Crippen molar-refractivity contribution in [2.45, 2.75) is 19.8 Å². The van der Waals surface area contributed by atoms with Crippen LogP contribution in [-0.2, 0) is 4.74 Å². The molecule has 1 aliphatic heterocycles. The first kappa shape index (κ1) is 18.7. The van der Waals surface area contributed by atoms with Gasteiger partial charge in [0.2, 0.25) is 11.6 Å². The Morgan fingerprint density at radius 2 is 1.67 bits per heavy atom. The van der Waals surface area contributed by atoms with Crippen LogP contribution in [0.1, 0.15) is 25.3 Å². The summed E-state index contributed by atoms with van der Waals surface area (Å²) in [7, 11) is 0. The number of ether oxygens (including phenoxy) is 2. The molecular weight excluding hydrogens is 326 g/mol. The van der Waals surface area contributed by atoms with Crippen molar-refractivity contribution in [2.24, 2.45) is 0 Å². The van der Waals surface area contributed by atoms with Crippen molar-refractivity contribution in [2.75, 3.05) is 39.5 Å². The highest BCUT2D eigenvalue weighted by atomic mass is 19.2. The second-order valence-electron chi connectivity index (χ2n) is 5.52. The molecule has 1 fully saturated rings. The lowest BCUT2D eigenvalue weighted by Crippen LogP contribution is -2.36. The molecule has 1 saturated heterocycles. The van der Waals surface area contributed by atoms with Crippen LogP contribution < -0.4 is 4.74 Å². The van der Waals surface area contributed by atoms with Crippen LogP contribution in [0.2, 0.25) is 0 Å². The van der Waals surface area contributed by atoms with Gasteiger partial charge in [0.1, 0.15) is 0 Å². The number of rotatable bonds is 7. The molecule has 24 heavy (non-hydrogen) atoms. The first-order valence-corrected chi connectivity index (χ1v) is 8.01. The Bertz CT molecular complexity index is 557. The monoisotopic (exact) mass is 347 g/mol. The predicted octanol–water partition coefficient (Wildman–Crippen LogP) is 3.77. The van der Waals surface area contributed by atoms with Gasteiger partial charge in [0.05, 0.1) is 25.4 Å². The van der Waals surface area contributed by atoms with Gasteiger partial charge < -0.3 is 9.47 Å². The summed E-state index contributed by atoms with van der Waals surface area (Å²) in [6.45, 7) is 4.84. The minimum Gasteiger partial charge on any atom is -0.487 e. The molecule has 2 rings (SSSR count). The molecule has 1 aromatic rings. The van der Waals surface area contributed by atoms with Gasteiger partial charge in [-0.3, -0.25) is 4.90 Å². The third kappa shape index (κ3) is 4.48. The summed E-state index contributed by atoms with van der Waals surface area (Å²) in [5.41, 5.74) is -0.735. The maximum Gasteiger partial charge on any atom is 0.204 e. The van der Waals surface area contributed by atoms with E-state index < -0.39 is 34.6 Å². The van der Waals surface area contributed by atoms with Crippen LogP contribution in [0.4, 0.5) is 17.6 Å². The van der Waals surface area contributed by atoms with E-state index in [1.54, 1.807) is 0 Å². The van der Waals surface area contributed by atoms with Crippen LogP contribution in [-0.4, -0.2) is 44.4 Å². The molecule has 134 valence electrons. The largest absolute Gasteiger partial charge is 0.487 e. The average Bonchev–Trinajstić information content (AvgIpc) is 2.60. The van der Waals surface area contributed by atoms with Crippen molar-refractivity contribution >= 4 is 6.08 Å². The van der Waals surface area contributed by atoms with Gasteiger partial charge in [0.25, 0.3) is 0 Å². The number of hydrogen-bond donors (Lipinski definition) is 0. The summed E-state index contributed by atoms with van der Waals surface area (Å²) in [6.07, 6.45) is 3.80. The Labute approximate surface area is 138 Å². The van der Waals surface area contributed by atoms with Crippen molar-refractivity contribution in [3.63, 3.8) is 0 Å². The van der Waals surface area contributed by atoms with E-state index in [4.69, 9.17) is 9.47 Å². The fourth-order valence-electron chi connectivity index (χ4n) is 2.32. The zero-order valence-corrected chi connectivity index (χ0v) is 13.6. The molecule has 0 bridgehead atoms. The normalized spacial score (nSPS) is 16.0. The number of nitrogens with zero attached hydrogens (tertiary/aromatic N) is 1. The molecule has 1 aliphatic rings. The smallest absolute Gasteiger partial charge is 0.204 e. The van der Waals surface area contributed by atoms with Crippen LogP contribution in [0.3, 0.4) is 0 Å². The number of unbranched alkanes of at least 4 members (excludes halogenated alkanes) is 1. The maximum absolute atomic E-state index is 14.0. The van der Waals surface area contributed by atoms with E-state index in [-0.39, 0.29) is 6.61 Å². The summed E-state index contributed by atoms with van der Waals surface area (Å²) in [5.74, 6) is -6.90. The quantitative estimate of drug-likeness (QED) is 0.426. The molecule has 0 atom stereocenters. The van der Waals surface area contributed by atoms with Gasteiger partial charge in [0, 0.05) is 19.6 Å². The Kier molecular flexibility index (Phi) is 7.05. The van der Waals surface area contributed by atoms with E-state index in [1.807, 2.05) is 11.8 Å².